The monoisotopic (exact) mass is 461 g/mol. The largest absolute Gasteiger partial charge is 0.481 e. The second kappa shape index (κ2) is 8.36. The molecule has 34 heavy (non-hydrogen) atoms. The lowest BCUT2D eigenvalue weighted by Gasteiger charge is -2.29. The summed E-state index contributed by atoms with van der Waals surface area (Å²) < 4.78 is 0. The fourth-order valence-electron chi connectivity index (χ4n) is 5.76. The van der Waals surface area contributed by atoms with Crippen LogP contribution in [0.3, 0.4) is 0 Å². The molecule has 3 N–H and O–H groups in total. The number of likely N-dealkylation sites (tertiary alicyclic amines) is 1. The van der Waals surface area contributed by atoms with Crippen molar-refractivity contribution in [3.05, 3.63) is 65.2 Å². The number of rotatable bonds is 7. The van der Waals surface area contributed by atoms with Crippen LogP contribution in [0.1, 0.15) is 36.5 Å². The Morgan fingerprint density at radius 2 is 1.82 bits per heavy atom. The Morgan fingerprint density at radius 1 is 1.06 bits per heavy atom. The summed E-state index contributed by atoms with van der Waals surface area (Å²) in [6.45, 7) is 2.23. The van der Waals surface area contributed by atoms with Crippen molar-refractivity contribution in [2.75, 3.05) is 11.9 Å². The lowest BCUT2D eigenvalue weighted by molar-refractivity contribution is -0.143. The third kappa shape index (κ3) is 3.32. The summed E-state index contributed by atoms with van der Waals surface area (Å²) in [5.74, 6) is -3.76. The first-order valence-corrected chi connectivity index (χ1v) is 11.7. The number of aliphatic carboxylic acids is 1. The standard InChI is InChI=1S/C26H27N3O5/c1-2-15-8-9-18-17(14-15)26(25(34)27-18)22-21(19(28-26)10-11-20(30)31)23(32)29(24(22)33)13-12-16-6-4-3-5-7-16/h3-9,14,19,21-22,28H,2,10-13H2,1H3,(H,27,34)(H,30,31)/t19-,21+,22-,26+/m0/s1. The van der Waals surface area contributed by atoms with Gasteiger partial charge in [-0.15, -0.1) is 0 Å². The summed E-state index contributed by atoms with van der Waals surface area (Å²) in [6.07, 6.45) is 1.26. The molecule has 1 spiro atoms. The van der Waals surface area contributed by atoms with Gasteiger partial charge in [-0.2, -0.15) is 0 Å². The second-order valence-electron chi connectivity index (χ2n) is 9.25. The minimum absolute atomic E-state index is 0.153. The highest BCUT2D eigenvalue weighted by atomic mass is 16.4. The van der Waals surface area contributed by atoms with Crippen LogP contribution in [0.25, 0.3) is 0 Å². The highest BCUT2D eigenvalue weighted by Gasteiger charge is 2.70. The molecule has 0 bridgehead atoms. The zero-order chi connectivity index (χ0) is 24.0. The van der Waals surface area contributed by atoms with Crippen molar-refractivity contribution < 1.29 is 24.3 Å². The van der Waals surface area contributed by atoms with E-state index in [9.17, 15) is 24.3 Å². The number of hydrogen-bond donors (Lipinski definition) is 3. The number of aryl methyl sites for hydroxylation is 1. The van der Waals surface area contributed by atoms with E-state index >= 15 is 0 Å². The Kier molecular flexibility index (Phi) is 5.48. The predicted molar refractivity (Wildman–Crippen MR) is 124 cm³/mol. The molecule has 2 saturated heterocycles. The number of amides is 3. The normalized spacial score (nSPS) is 27.3. The summed E-state index contributed by atoms with van der Waals surface area (Å²) in [6, 6.07) is 14.7. The first kappa shape index (κ1) is 22.3. The number of hydrogen-bond acceptors (Lipinski definition) is 5. The minimum atomic E-state index is -1.39. The molecule has 8 heteroatoms. The molecule has 5 rings (SSSR count). The molecule has 0 unspecified atom stereocenters. The van der Waals surface area contributed by atoms with Crippen molar-refractivity contribution in [3.8, 4) is 0 Å². The number of nitrogens with one attached hydrogen (secondary N) is 2. The maximum atomic E-state index is 13.7. The molecule has 3 amide bonds. The quantitative estimate of drug-likeness (QED) is 0.544. The van der Waals surface area contributed by atoms with Gasteiger partial charge in [-0.1, -0.05) is 49.4 Å². The van der Waals surface area contributed by atoms with Crippen molar-refractivity contribution >= 4 is 29.4 Å². The van der Waals surface area contributed by atoms with Crippen LogP contribution in [0, 0.1) is 11.8 Å². The molecule has 0 saturated carbocycles. The molecule has 8 nitrogen and oxygen atoms in total. The average Bonchev–Trinajstić information content (AvgIpc) is 3.41. The Hall–Kier alpha value is -3.52. The molecule has 2 aromatic rings. The molecule has 2 fully saturated rings. The van der Waals surface area contributed by atoms with E-state index in [0.717, 1.165) is 17.5 Å². The number of anilines is 1. The number of benzene rings is 2. The van der Waals surface area contributed by atoms with Gasteiger partial charge in [0.1, 0.15) is 5.54 Å². The smallest absolute Gasteiger partial charge is 0.303 e. The Morgan fingerprint density at radius 3 is 2.53 bits per heavy atom. The van der Waals surface area contributed by atoms with Crippen LogP contribution < -0.4 is 10.6 Å². The molecular weight excluding hydrogens is 434 g/mol. The van der Waals surface area contributed by atoms with Crippen molar-refractivity contribution in [2.45, 2.75) is 44.2 Å². The minimum Gasteiger partial charge on any atom is -0.481 e. The van der Waals surface area contributed by atoms with Gasteiger partial charge in [0, 0.05) is 30.3 Å². The van der Waals surface area contributed by atoms with Crippen molar-refractivity contribution in [2.24, 2.45) is 11.8 Å². The van der Waals surface area contributed by atoms with Crippen molar-refractivity contribution in [3.63, 3.8) is 0 Å². The number of nitrogens with zero attached hydrogens (tertiary/aromatic N) is 1. The Bertz CT molecular complexity index is 1180. The van der Waals surface area contributed by atoms with Crippen molar-refractivity contribution in [1.82, 2.24) is 10.2 Å². The van der Waals surface area contributed by atoms with Gasteiger partial charge < -0.3 is 10.4 Å². The third-order valence-corrected chi connectivity index (χ3v) is 7.41. The van der Waals surface area contributed by atoms with Gasteiger partial charge in [-0.3, -0.25) is 29.4 Å². The number of carboxylic acid groups (broad SMARTS) is 1. The number of carboxylic acids is 1. The van der Waals surface area contributed by atoms with Crippen LogP contribution >= 0.6 is 0 Å². The number of imide groups is 1. The molecular formula is C26H27N3O5. The molecule has 176 valence electrons. The van der Waals surface area contributed by atoms with E-state index in [1.807, 2.05) is 55.5 Å². The summed E-state index contributed by atoms with van der Waals surface area (Å²) in [7, 11) is 0. The van der Waals surface area contributed by atoms with Gasteiger partial charge in [-0.05, 0) is 36.5 Å². The first-order chi connectivity index (χ1) is 16.4. The maximum Gasteiger partial charge on any atom is 0.303 e. The predicted octanol–water partition coefficient (Wildman–Crippen LogP) is 2.08. The molecule has 0 radical (unpaired) electrons. The zero-order valence-corrected chi connectivity index (χ0v) is 18.9. The van der Waals surface area contributed by atoms with E-state index in [2.05, 4.69) is 10.6 Å². The van der Waals surface area contributed by atoms with Crippen LogP contribution in [-0.2, 0) is 37.6 Å². The molecule has 0 aromatic heterocycles. The lowest BCUT2D eigenvalue weighted by Crippen LogP contribution is -2.53. The van der Waals surface area contributed by atoms with Gasteiger partial charge in [0.05, 0.1) is 11.8 Å². The van der Waals surface area contributed by atoms with Crippen LogP contribution in [0.5, 0.6) is 0 Å². The van der Waals surface area contributed by atoms with Crippen LogP contribution in [-0.4, -0.2) is 46.3 Å². The Labute approximate surface area is 197 Å². The summed E-state index contributed by atoms with van der Waals surface area (Å²) in [5, 5.41) is 15.4. The fraction of sp³-hybridized carbons (Fsp3) is 0.385. The second-order valence-corrected chi connectivity index (χ2v) is 9.25. The highest BCUT2D eigenvalue weighted by molar-refractivity contribution is 6.15. The molecule has 0 aliphatic carbocycles. The van der Waals surface area contributed by atoms with E-state index in [0.29, 0.717) is 17.7 Å². The summed E-state index contributed by atoms with van der Waals surface area (Å²) in [4.78, 5) is 53.3. The van der Waals surface area contributed by atoms with E-state index in [1.165, 1.54) is 4.90 Å². The van der Waals surface area contributed by atoms with E-state index in [1.54, 1.807) is 0 Å². The number of fused-ring (bicyclic) bond motifs is 4. The van der Waals surface area contributed by atoms with Gasteiger partial charge >= 0.3 is 5.97 Å². The zero-order valence-electron chi connectivity index (χ0n) is 18.9. The Balaban J connectivity index is 1.54. The van der Waals surface area contributed by atoms with E-state index < -0.39 is 29.4 Å². The van der Waals surface area contributed by atoms with Crippen LogP contribution in [0.4, 0.5) is 5.69 Å². The van der Waals surface area contributed by atoms with Crippen molar-refractivity contribution in [1.29, 1.82) is 0 Å². The van der Waals surface area contributed by atoms with Crippen LogP contribution in [0.2, 0.25) is 0 Å². The van der Waals surface area contributed by atoms with Gasteiger partial charge in [0.25, 0.3) is 0 Å². The van der Waals surface area contributed by atoms with Gasteiger partial charge in [0.15, 0.2) is 0 Å². The third-order valence-electron chi connectivity index (χ3n) is 7.41. The molecule has 4 atom stereocenters. The van der Waals surface area contributed by atoms with Crippen LogP contribution in [0.15, 0.2) is 48.5 Å². The lowest BCUT2D eigenvalue weighted by atomic mass is 9.76. The summed E-state index contributed by atoms with van der Waals surface area (Å²) >= 11 is 0. The topological polar surface area (TPSA) is 116 Å². The first-order valence-electron chi connectivity index (χ1n) is 11.7. The fourth-order valence-corrected chi connectivity index (χ4v) is 5.76. The molecule has 3 aliphatic heterocycles. The summed E-state index contributed by atoms with van der Waals surface area (Å²) in [5.41, 5.74) is 1.92. The number of carbonyl (C=O) groups is 4. The average molecular weight is 462 g/mol. The van der Waals surface area contributed by atoms with Gasteiger partial charge in [-0.25, -0.2) is 0 Å². The number of carbonyl (C=O) groups excluding carboxylic acids is 3. The SMILES string of the molecule is CCc1ccc2c(c1)[C@]1(N[C@@H](CCC(=O)O)[C@H]3C(=O)N(CCc4ccccc4)C(=O)[C@H]31)C(=O)N2. The van der Waals surface area contributed by atoms with E-state index in [4.69, 9.17) is 0 Å². The molecule has 3 heterocycles. The molecule has 2 aromatic carbocycles. The highest BCUT2D eigenvalue weighted by Crippen LogP contribution is 2.53. The molecule has 3 aliphatic rings. The van der Waals surface area contributed by atoms with E-state index in [-0.39, 0.29) is 37.1 Å². The maximum absolute atomic E-state index is 13.7. The van der Waals surface area contributed by atoms with Gasteiger partial charge in [0.2, 0.25) is 17.7 Å².